The van der Waals surface area contributed by atoms with E-state index in [9.17, 15) is 0 Å². The van der Waals surface area contributed by atoms with Gasteiger partial charge >= 0.3 is 0 Å². The fraction of sp³-hybridized carbons (Fsp3) is 0. The first-order chi connectivity index (χ1) is 5.50. The molecule has 1 N–H and O–H groups in total. The Morgan fingerprint density at radius 2 is 1.82 bits per heavy atom. The number of hydrogen-bond donors (Lipinski definition) is 1. The Hall–Kier alpha value is -1.64. The highest BCUT2D eigenvalue weighted by Gasteiger charge is 1.72. The highest BCUT2D eigenvalue weighted by atomic mass is 16.6. The van der Waals surface area contributed by atoms with Crippen LogP contribution in [0.5, 0.6) is 0 Å². The van der Waals surface area contributed by atoms with Crippen LogP contribution in [0.1, 0.15) is 0 Å². The predicted octanol–water partition coefficient (Wildman–Crippen LogP) is 1.83. The predicted molar refractivity (Wildman–Crippen MR) is 41.2 cm³/mol. The Morgan fingerprint density at radius 3 is 2.00 bits per heavy atom. The quantitative estimate of drug-likeness (QED) is 0.614. The third-order valence-corrected chi connectivity index (χ3v) is 0.915. The monoisotopic (exact) mass is 151 g/mol. The van der Waals surface area contributed by atoms with Crippen molar-refractivity contribution in [1.82, 2.24) is 5.48 Å². The van der Waals surface area contributed by atoms with Crippen LogP contribution < -0.4 is 5.48 Å². The lowest BCUT2D eigenvalue weighted by Crippen LogP contribution is -2.01. The van der Waals surface area contributed by atoms with E-state index >= 15 is 0 Å². The molecule has 3 heteroatoms. The molecule has 0 bridgehead atoms. The zero-order chi connectivity index (χ0) is 7.78. The Bertz CT molecular complexity index is 185. The third-order valence-electron chi connectivity index (χ3n) is 0.915. The van der Waals surface area contributed by atoms with Gasteiger partial charge in [0.1, 0.15) is 6.26 Å². The van der Waals surface area contributed by atoms with Crippen molar-refractivity contribution in [2.75, 3.05) is 0 Å². The van der Waals surface area contributed by atoms with Crippen LogP contribution >= 0.6 is 0 Å². The maximum atomic E-state index is 4.58. The van der Waals surface area contributed by atoms with E-state index in [1.165, 1.54) is 0 Å². The Morgan fingerprint density at radius 1 is 1.00 bits per heavy atom. The van der Waals surface area contributed by atoms with Gasteiger partial charge in [0, 0.05) is 6.20 Å². The van der Waals surface area contributed by atoms with E-state index in [0.29, 0.717) is 0 Å². The molecule has 1 aromatic heterocycles. The molecule has 0 radical (unpaired) electrons. The molecule has 3 nitrogen and oxygen atoms in total. The topological polar surface area (TPSA) is 34.4 Å². The first kappa shape index (κ1) is 7.47. The molecule has 2 heterocycles. The zero-order valence-electron chi connectivity index (χ0n) is 5.94. The van der Waals surface area contributed by atoms with Crippen LogP contribution in [0.4, 0.5) is 0 Å². The summed E-state index contributed by atoms with van der Waals surface area (Å²) in [6.45, 7) is 0. The maximum absolute atomic E-state index is 4.58. The molecular weight excluding hydrogens is 142 g/mol. The lowest BCUT2D eigenvalue weighted by atomic mass is 10.6. The van der Waals surface area contributed by atoms with Crippen LogP contribution in [0.15, 0.2) is 53.7 Å². The van der Waals surface area contributed by atoms with Gasteiger partial charge in [-0.25, -0.2) is 5.48 Å². The van der Waals surface area contributed by atoms with Gasteiger partial charge < -0.3 is 9.25 Å². The van der Waals surface area contributed by atoms with Gasteiger partial charge in [0.25, 0.3) is 0 Å². The minimum Gasteiger partial charge on any atom is -0.473 e. The molecule has 0 aromatic carbocycles. The molecule has 11 heavy (non-hydrogen) atoms. The summed E-state index contributed by atoms with van der Waals surface area (Å²) in [5.41, 5.74) is 2.52. The average Bonchev–Trinajstić information content (AvgIpc) is 2.64. The van der Waals surface area contributed by atoms with Crippen molar-refractivity contribution in [3.63, 3.8) is 0 Å². The Labute approximate surface area is 64.9 Å². The average molecular weight is 151 g/mol. The van der Waals surface area contributed by atoms with E-state index in [0.717, 1.165) is 0 Å². The van der Waals surface area contributed by atoms with Crippen molar-refractivity contribution in [3.8, 4) is 0 Å². The van der Waals surface area contributed by atoms with Crippen molar-refractivity contribution in [1.29, 1.82) is 0 Å². The highest BCUT2D eigenvalue weighted by molar-refractivity contribution is 5.00. The number of allylic oxidation sites excluding steroid dienone is 2. The molecule has 0 saturated carbocycles. The molecule has 0 saturated heterocycles. The molecule has 1 aliphatic rings. The summed E-state index contributed by atoms with van der Waals surface area (Å²) in [5, 5.41) is 0. The van der Waals surface area contributed by atoms with Gasteiger partial charge in [-0.2, -0.15) is 0 Å². The second-order valence-electron chi connectivity index (χ2n) is 1.72. The number of furan rings is 1. The number of nitrogens with one attached hydrogen (secondary N) is 1. The molecule has 0 aliphatic carbocycles. The van der Waals surface area contributed by atoms with E-state index < -0.39 is 0 Å². The van der Waals surface area contributed by atoms with Crippen molar-refractivity contribution in [3.05, 3.63) is 49.3 Å². The number of hydrogen-bond acceptors (Lipinski definition) is 3. The lowest BCUT2D eigenvalue weighted by Gasteiger charge is -1.97. The lowest BCUT2D eigenvalue weighted by molar-refractivity contribution is 0.172. The molecular formula is C8H9NO2. The minimum atomic E-state index is 1.57. The number of rotatable bonds is 0. The second-order valence-corrected chi connectivity index (χ2v) is 1.72. The zero-order valence-corrected chi connectivity index (χ0v) is 5.94. The van der Waals surface area contributed by atoms with Crippen molar-refractivity contribution in [2.45, 2.75) is 0 Å². The smallest absolute Gasteiger partial charge is 0.119 e. The molecule has 0 atom stereocenters. The van der Waals surface area contributed by atoms with Crippen LogP contribution in [0.2, 0.25) is 0 Å². The van der Waals surface area contributed by atoms with Gasteiger partial charge in [0.15, 0.2) is 0 Å². The molecule has 0 fully saturated rings. The van der Waals surface area contributed by atoms with Crippen LogP contribution in [0.25, 0.3) is 0 Å². The van der Waals surface area contributed by atoms with Gasteiger partial charge in [0.2, 0.25) is 0 Å². The van der Waals surface area contributed by atoms with Crippen molar-refractivity contribution in [2.24, 2.45) is 0 Å². The van der Waals surface area contributed by atoms with Gasteiger partial charge in [-0.3, -0.25) is 0 Å². The van der Waals surface area contributed by atoms with Crippen LogP contribution in [-0.2, 0) is 4.84 Å². The van der Waals surface area contributed by atoms with Gasteiger partial charge in [0.05, 0.1) is 12.5 Å². The highest BCUT2D eigenvalue weighted by Crippen LogP contribution is 1.81. The molecule has 0 spiro atoms. The summed E-state index contributed by atoms with van der Waals surface area (Å²) in [5.74, 6) is 0. The molecule has 58 valence electrons. The minimum absolute atomic E-state index is 1.57. The molecule has 2 rings (SSSR count). The SMILES string of the molecule is C1=CNOC=C1.c1ccoc1. The summed E-state index contributed by atoms with van der Waals surface area (Å²) in [7, 11) is 0. The summed E-state index contributed by atoms with van der Waals surface area (Å²) >= 11 is 0. The fourth-order valence-corrected chi connectivity index (χ4v) is 0.485. The first-order valence-corrected chi connectivity index (χ1v) is 3.20. The van der Waals surface area contributed by atoms with Crippen LogP contribution in [0.3, 0.4) is 0 Å². The molecule has 0 amide bonds. The van der Waals surface area contributed by atoms with Crippen molar-refractivity contribution < 1.29 is 9.25 Å². The van der Waals surface area contributed by atoms with Crippen LogP contribution in [-0.4, -0.2) is 0 Å². The summed E-state index contributed by atoms with van der Waals surface area (Å²) in [6, 6.07) is 3.67. The summed E-state index contributed by atoms with van der Waals surface area (Å²) in [6.07, 6.45) is 10.2. The largest absolute Gasteiger partial charge is 0.473 e. The molecule has 0 unspecified atom stereocenters. The van der Waals surface area contributed by atoms with E-state index in [1.54, 1.807) is 31.1 Å². The van der Waals surface area contributed by atoms with Crippen molar-refractivity contribution >= 4 is 0 Å². The number of hydroxylamine groups is 1. The fourth-order valence-electron chi connectivity index (χ4n) is 0.485. The maximum Gasteiger partial charge on any atom is 0.119 e. The molecule has 1 aliphatic heterocycles. The Kier molecular flexibility index (Phi) is 3.51. The molecule has 1 aromatic rings. The van der Waals surface area contributed by atoms with E-state index in [4.69, 9.17) is 0 Å². The van der Waals surface area contributed by atoms with E-state index in [-0.39, 0.29) is 0 Å². The first-order valence-electron chi connectivity index (χ1n) is 3.20. The van der Waals surface area contributed by atoms with Gasteiger partial charge in [-0.05, 0) is 24.3 Å². The second kappa shape index (κ2) is 5.17. The van der Waals surface area contributed by atoms with E-state index in [1.807, 2.05) is 18.2 Å². The van der Waals surface area contributed by atoms with E-state index in [2.05, 4.69) is 14.7 Å². The van der Waals surface area contributed by atoms with Gasteiger partial charge in [-0.15, -0.1) is 0 Å². The van der Waals surface area contributed by atoms with Crippen LogP contribution in [0, 0.1) is 0 Å². The van der Waals surface area contributed by atoms with Gasteiger partial charge in [-0.1, -0.05) is 0 Å². The normalized spacial score (nSPS) is 12.4. The summed E-state index contributed by atoms with van der Waals surface area (Å²) in [4.78, 5) is 4.55. The Balaban J connectivity index is 0.000000112. The summed E-state index contributed by atoms with van der Waals surface area (Å²) < 4.78 is 4.58. The third kappa shape index (κ3) is 3.86. The standard InChI is InChI=1S/C4H5NO.C4H4O/c1-2-4-6-5-3-1;1-2-4-5-3-1/h1-5H;1-4H.